The van der Waals surface area contributed by atoms with Crippen molar-refractivity contribution in [1.29, 1.82) is 0 Å². The Hall–Kier alpha value is -1.16. The first-order valence-corrected chi connectivity index (χ1v) is 6.21. The van der Waals surface area contributed by atoms with E-state index in [9.17, 15) is 4.79 Å². The second-order valence-electron chi connectivity index (χ2n) is 5.09. The van der Waals surface area contributed by atoms with Gasteiger partial charge in [-0.05, 0) is 31.4 Å². The fourth-order valence-corrected chi connectivity index (χ4v) is 1.71. The van der Waals surface area contributed by atoms with Crippen LogP contribution in [0.4, 0.5) is 0 Å². The van der Waals surface area contributed by atoms with Crippen molar-refractivity contribution in [2.75, 3.05) is 0 Å². The Balaban J connectivity index is 2.58. The van der Waals surface area contributed by atoms with Crippen LogP contribution in [-0.2, 0) is 6.54 Å². The Morgan fingerprint density at radius 2 is 2.18 bits per heavy atom. The van der Waals surface area contributed by atoms with Crippen LogP contribution in [0.1, 0.15) is 32.3 Å². The summed E-state index contributed by atoms with van der Waals surface area (Å²) in [6.07, 6.45) is 3.63. The minimum absolute atomic E-state index is 0.0538. The minimum atomic E-state index is -0.135. The summed E-state index contributed by atoms with van der Waals surface area (Å²) in [5.41, 5.74) is 6.58. The molecular weight excluding hydrogens is 232 g/mol. The molecule has 1 aromatic heterocycles. The van der Waals surface area contributed by atoms with Crippen molar-refractivity contribution in [2.45, 2.75) is 40.2 Å². The Bertz CT molecular complexity index is 463. The van der Waals surface area contributed by atoms with Gasteiger partial charge in [-0.3, -0.25) is 4.79 Å². The van der Waals surface area contributed by atoms with Crippen molar-refractivity contribution < 1.29 is 0 Å². The van der Waals surface area contributed by atoms with Crippen LogP contribution in [-0.4, -0.2) is 9.56 Å². The molecule has 1 aromatic rings. The van der Waals surface area contributed by atoms with Crippen molar-refractivity contribution in [3.63, 3.8) is 0 Å². The maximum atomic E-state index is 11.6. The molecule has 0 unspecified atom stereocenters. The molecule has 0 saturated heterocycles. The molecule has 0 bridgehead atoms. The van der Waals surface area contributed by atoms with E-state index in [1.54, 1.807) is 10.6 Å². The first-order chi connectivity index (χ1) is 7.83. The fraction of sp³-hybridized carbons (Fsp3) is 0.538. The predicted molar refractivity (Wildman–Crippen MR) is 75.2 cm³/mol. The first kappa shape index (κ1) is 13.9. The van der Waals surface area contributed by atoms with Gasteiger partial charge in [-0.2, -0.15) is 0 Å². The van der Waals surface area contributed by atoms with E-state index in [0.717, 1.165) is 18.4 Å². The van der Waals surface area contributed by atoms with Crippen molar-refractivity contribution in [1.82, 2.24) is 4.57 Å². The Morgan fingerprint density at radius 1 is 1.53 bits per heavy atom. The van der Waals surface area contributed by atoms with Crippen molar-refractivity contribution in [2.24, 2.45) is 11.1 Å². The van der Waals surface area contributed by atoms with Gasteiger partial charge in [-0.1, -0.05) is 26.1 Å². The van der Waals surface area contributed by atoms with Crippen LogP contribution in [0.3, 0.4) is 0 Å². The molecule has 17 heavy (non-hydrogen) atoms. The second kappa shape index (κ2) is 5.45. The highest BCUT2D eigenvalue weighted by Crippen LogP contribution is 2.22. The molecule has 0 aliphatic carbocycles. The topological polar surface area (TPSA) is 48.0 Å². The molecule has 0 saturated carbocycles. The van der Waals surface area contributed by atoms with Gasteiger partial charge < -0.3 is 10.3 Å². The summed E-state index contributed by atoms with van der Waals surface area (Å²) >= 11 is 5.01. The molecule has 0 radical (unpaired) electrons. The number of hydrogen-bond acceptors (Lipinski definition) is 2. The molecule has 4 heteroatoms. The van der Waals surface area contributed by atoms with E-state index >= 15 is 0 Å². The number of hydrogen-bond donors (Lipinski definition) is 1. The molecule has 0 spiro atoms. The molecule has 0 amide bonds. The molecule has 0 aliphatic rings. The largest absolute Gasteiger partial charge is 0.393 e. The average Bonchev–Trinajstić information content (AvgIpc) is 2.21. The monoisotopic (exact) mass is 252 g/mol. The molecule has 1 rings (SSSR count). The number of rotatable bonds is 5. The summed E-state index contributed by atoms with van der Waals surface area (Å²) in [5.74, 6) is 0. The lowest BCUT2D eigenvalue weighted by Gasteiger charge is -2.22. The van der Waals surface area contributed by atoms with Crippen LogP contribution in [0.15, 0.2) is 23.1 Å². The van der Waals surface area contributed by atoms with Gasteiger partial charge in [0.2, 0.25) is 0 Å². The van der Waals surface area contributed by atoms with Crippen LogP contribution in [0, 0.1) is 12.3 Å². The highest BCUT2D eigenvalue weighted by molar-refractivity contribution is 7.80. The molecule has 0 fully saturated rings. The maximum absolute atomic E-state index is 11.6. The summed E-state index contributed by atoms with van der Waals surface area (Å²) < 4.78 is 1.72. The molecule has 3 nitrogen and oxygen atoms in total. The lowest BCUT2D eigenvalue weighted by Crippen LogP contribution is -2.30. The van der Waals surface area contributed by atoms with E-state index in [1.165, 1.54) is 0 Å². The number of aromatic nitrogens is 1. The van der Waals surface area contributed by atoms with Gasteiger partial charge in [0.25, 0.3) is 5.56 Å². The summed E-state index contributed by atoms with van der Waals surface area (Å²) in [5, 5.41) is 0. The summed E-state index contributed by atoms with van der Waals surface area (Å²) in [4.78, 5) is 12.2. The maximum Gasteiger partial charge on any atom is 0.250 e. The quantitative estimate of drug-likeness (QED) is 0.818. The lowest BCUT2D eigenvalue weighted by molar-refractivity contribution is 0.433. The van der Waals surface area contributed by atoms with Crippen molar-refractivity contribution >= 4 is 17.2 Å². The average molecular weight is 252 g/mol. The van der Waals surface area contributed by atoms with E-state index in [2.05, 4.69) is 0 Å². The first-order valence-electron chi connectivity index (χ1n) is 5.80. The van der Waals surface area contributed by atoms with Gasteiger partial charge in [0.05, 0.1) is 4.99 Å². The van der Waals surface area contributed by atoms with Gasteiger partial charge in [-0.15, -0.1) is 0 Å². The minimum Gasteiger partial charge on any atom is -0.393 e. The van der Waals surface area contributed by atoms with Gasteiger partial charge >= 0.3 is 0 Å². The Morgan fingerprint density at radius 3 is 2.71 bits per heavy atom. The summed E-state index contributed by atoms with van der Waals surface area (Å²) in [7, 11) is 0. The number of pyridine rings is 1. The number of thiocarbonyl (C=S) groups is 1. The van der Waals surface area contributed by atoms with E-state index in [4.69, 9.17) is 18.0 Å². The number of nitrogens with zero attached hydrogens (tertiary/aromatic N) is 1. The normalized spacial score (nSPS) is 11.5. The van der Waals surface area contributed by atoms with Crippen LogP contribution in [0.2, 0.25) is 0 Å². The van der Waals surface area contributed by atoms with Gasteiger partial charge in [0.15, 0.2) is 0 Å². The van der Waals surface area contributed by atoms with Crippen LogP contribution >= 0.6 is 12.2 Å². The van der Waals surface area contributed by atoms with E-state index < -0.39 is 0 Å². The van der Waals surface area contributed by atoms with E-state index in [0.29, 0.717) is 11.5 Å². The van der Waals surface area contributed by atoms with Crippen LogP contribution < -0.4 is 11.3 Å². The Kier molecular flexibility index (Phi) is 4.46. The van der Waals surface area contributed by atoms with Crippen LogP contribution in [0.5, 0.6) is 0 Å². The molecule has 0 atom stereocenters. The van der Waals surface area contributed by atoms with Gasteiger partial charge in [0.1, 0.15) is 0 Å². The molecule has 0 aliphatic heterocycles. The zero-order valence-electron chi connectivity index (χ0n) is 10.7. The van der Waals surface area contributed by atoms with Crippen molar-refractivity contribution in [3.8, 4) is 0 Å². The molecule has 1 heterocycles. The smallest absolute Gasteiger partial charge is 0.250 e. The molecule has 94 valence electrons. The van der Waals surface area contributed by atoms with Gasteiger partial charge in [0, 0.05) is 24.2 Å². The predicted octanol–water partition coefficient (Wildman–Crippen LogP) is 2.25. The van der Waals surface area contributed by atoms with Crippen molar-refractivity contribution in [3.05, 3.63) is 34.2 Å². The summed E-state index contributed by atoms with van der Waals surface area (Å²) in [6, 6.07) is 3.60. The van der Waals surface area contributed by atoms with Crippen LogP contribution in [0.25, 0.3) is 0 Å². The fourth-order valence-electron chi connectivity index (χ4n) is 1.61. The highest BCUT2D eigenvalue weighted by atomic mass is 32.1. The zero-order valence-corrected chi connectivity index (χ0v) is 11.5. The third kappa shape index (κ3) is 3.97. The third-order valence-corrected chi connectivity index (χ3v) is 3.57. The number of aryl methyl sites for hydroxylation is 2. The second-order valence-corrected chi connectivity index (χ2v) is 5.53. The van der Waals surface area contributed by atoms with E-state index in [1.807, 2.05) is 33.0 Å². The SMILES string of the molecule is Cc1ccn(CCCC(C)(C)C(N)=S)c(=O)c1. The molecule has 0 aromatic carbocycles. The molecular formula is C13H20N2OS. The number of nitrogens with two attached hydrogens (primary N) is 1. The lowest BCUT2D eigenvalue weighted by atomic mass is 9.88. The summed E-state index contributed by atoms with van der Waals surface area (Å²) in [6.45, 7) is 6.70. The third-order valence-electron chi connectivity index (χ3n) is 3.02. The highest BCUT2D eigenvalue weighted by Gasteiger charge is 2.20. The standard InChI is InChI=1S/C13H20N2OS/c1-10-5-8-15(11(16)9-10)7-4-6-13(2,3)12(14)17/h5,8-9H,4,6-7H2,1-3H3,(H2,14,17). The zero-order chi connectivity index (χ0) is 13.1. The van der Waals surface area contributed by atoms with E-state index in [-0.39, 0.29) is 11.0 Å². The Labute approximate surface area is 108 Å². The van der Waals surface area contributed by atoms with Gasteiger partial charge in [-0.25, -0.2) is 0 Å². The molecule has 2 N–H and O–H groups in total.